The number of hydrogen-bond acceptors (Lipinski definition) is 6. The molecule has 4 aromatic rings. The quantitative estimate of drug-likeness (QED) is 0.381. The molecule has 1 aliphatic carbocycles. The third-order valence-electron chi connectivity index (χ3n) is 7.20. The summed E-state index contributed by atoms with van der Waals surface area (Å²) in [5, 5.41) is 7.57. The minimum Gasteiger partial charge on any atom is -0.350 e. The van der Waals surface area contributed by atoms with E-state index in [2.05, 4.69) is 20.6 Å². The first-order valence-electron chi connectivity index (χ1n) is 12.7. The van der Waals surface area contributed by atoms with E-state index in [4.69, 9.17) is 0 Å². The molecule has 1 aliphatic heterocycles. The van der Waals surface area contributed by atoms with Gasteiger partial charge >= 0.3 is 0 Å². The summed E-state index contributed by atoms with van der Waals surface area (Å²) < 4.78 is 0. The molecule has 0 bridgehead atoms. The third-order valence-corrected chi connectivity index (χ3v) is 8.22. The topological polar surface area (TPSA) is 104 Å². The van der Waals surface area contributed by atoms with Crippen molar-refractivity contribution in [2.24, 2.45) is 5.92 Å². The van der Waals surface area contributed by atoms with E-state index in [1.54, 1.807) is 12.3 Å². The van der Waals surface area contributed by atoms with Crippen LogP contribution in [0.15, 0.2) is 60.8 Å². The predicted octanol–water partition coefficient (Wildman–Crippen LogP) is 4.66. The van der Waals surface area contributed by atoms with Gasteiger partial charge in [0.25, 0.3) is 11.8 Å². The Kier molecular flexibility index (Phi) is 6.15. The Balaban J connectivity index is 1.23. The lowest BCUT2D eigenvalue weighted by Gasteiger charge is -2.27. The van der Waals surface area contributed by atoms with Crippen molar-refractivity contribution >= 4 is 45.6 Å². The fourth-order valence-corrected chi connectivity index (χ4v) is 6.39. The van der Waals surface area contributed by atoms with Crippen LogP contribution in [0.5, 0.6) is 0 Å². The highest BCUT2D eigenvalue weighted by Crippen LogP contribution is 2.49. The number of aromatic nitrogens is 2. The first-order valence-corrected chi connectivity index (χ1v) is 13.5. The summed E-state index contributed by atoms with van der Waals surface area (Å²) in [7, 11) is 0. The standard InChI is InChI=1S/C29H27N5O3S/c1-16(35)32-21-9-3-7-19(12-21)27-26(33-17(2)38-27)29(37)34-22(13-20-14-24(20)34)15-31-28(36)23-10-4-6-18-8-5-11-30-25(18)23/h3-12,20,22,24H,13-15H2,1-2H3,(H,31,36)(H,32,35)/t20?,22?,24-/m0/s1. The average Bonchev–Trinajstić information content (AvgIpc) is 3.39. The Morgan fingerprint density at radius 3 is 2.74 bits per heavy atom. The number of fused-ring (bicyclic) bond motifs is 2. The van der Waals surface area contributed by atoms with Crippen molar-refractivity contribution in [2.45, 2.75) is 38.8 Å². The highest BCUT2D eigenvalue weighted by molar-refractivity contribution is 7.15. The lowest BCUT2D eigenvalue weighted by Crippen LogP contribution is -2.45. The van der Waals surface area contributed by atoms with Gasteiger partial charge in [-0.2, -0.15) is 0 Å². The van der Waals surface area contributed by atoms with Gasteiger partial charge in [0.15, 0.2) is 0 Å². The number of aryl methyl sites for hydroxylation is 1. The van der Waals surface area contributed by atoms with E-state index >= 15 is 0 Å². The van der Waals surface area contributed by atoms with Crippen molar-refractivity contribution in [1.29, 1.82) is 0 Å². The van der Waals surface area contributed by atoms with Gasteiger partial charge in [0.05, 0.1) is 27.0 Å². The second kappa shape index (κ2) is 9.64. The van der Waals surface area contributed by atoms with Gasteiger partial charge in [0.1, 0.15) is 5.69 Å². The highest BCUT2D eigenvalue weighted by atomic mass is 32.1. The minimum atomic E-state index is -0.192. The van der Waals surface area contributed by atoms with Crippen LogP contribution in [0.3, 0.4) is 0 Å². The molecule has 2 unspecified atom stereocenters. The second-order valence-corrected chi connectivity index (χ2v) is 11.1. The van der Waals surface area contributed by atoms with E-state index < -0.39 is 0 Å². The molecule has 2 aliphatic rings. The average molecular weight is 526 g/mol. The zero-order chi connectivity index (χ0) is 26.4. The van der Waals surface area contributed by atoms with Crippen LogP contribution in [0.25, 0.3) is 21.3 Å². The largest absolute Gasteiger partial charge is 0.350 e. The SMILES string of the molecule is CC(=O)Nc1cccc(-c2sc(C)nc2C(=O)N2C(CNC(=O)c3cccc4cccnc34)CC3C[C@@H]32)c1. The van der Waals surface area contributed by atoms with Crippen LogP contribution in [0.1, 0.15) is 45.6 Å². The van der Waals surface area contributed by atoms with Crippen molar-refractivity contribution in [3.05, 3.63) is 77.1 Å². The van der Waals surface area contributed by atoms with Gasteiger partial charge in [-0.15, -0.1) is 11.3 Å². The van der Waals surface area contributed by atoms with Crippen molar-refractivity contribution in [2.75, 3.05) is 11.9 Å². The van der Waals surface area contributed by atoms with Crippen LogP contribution >= 0.6 is 11.3 Å². The summed E-state index contributed by atoms with van der Waals surface area (Å²) in [5.41, 5.74) is 3.13. The Morgan fingerprint density at radius 2 is 1.89 bits per heavy atom. The molecule has 0 radical (unpaired) electrons. The fraction of sp³-hybridized carbons (Fsp3) is 0.276. The summed E-state index contributed by atoms with van der Waals surface area (Å²) in [6, 6.07) is 16.9. The molecule has 38 heavy (non-hydrogen) atoms. The summed E-state index contributed by atoms with van der Waals surface area (Å²) in [5.74, 6) is 0.0129. The van der Waals surface area contributed by atoms with E-state index in [0.717, 1.165) is 33.7 Å². The molecule has 2 aromatic carbocycles. The number of para-hydroxylation sites is 1. The number of benzene rings is 2. The molecular formula is C29H27N5O3S. The summed E-state index contributed by atoms with van der Waals surface area (Å²) in [6.45, 7) is 3.73. The molecule has 3 amide bonds. The van der Waals surface area contributed by atoms with Crippen LogP contribution < -0.4 is 10.6 Å². The van der Waals surface area contributed by atoms with Gasteiger partial charge in [-0.3, -0.25) is 19.4 Å². The van der Waals surface area contributed by atoms with Crippen molar-refractivity contribution < 1.29 is 14.4 Å². The molecule has 1 saturated heterocycles. The fourth-order valence-electron chi connectivity index (χ4n) is 5.48. The van der Waals surface area contributed by atoms with Crippen molar-refractivity contribution in [3.63, 3.8) is 0 Å². The lowest BCUT2D eigenvalue weighted by molar-refractivity contribution is -0.114. The van der Waals surface area contributed by atoms with E-state index in [1.807, 2.05) is 60.4 Å². The van der Waals surface area contributed by atoms with Gasteiger partial charge in [0.2, 0.25) is 5.91 Å². The molecule has 2 fully saturated rings. The predicted molar refractivity (Wildman–Crippen MR) is 147 cm³/mol. The summed E-state index contributed by atoms with van der Waals surface area (Å²) in [6.07, 6.45) is 3.53. The smallest absolute Gasteiger partial charge is 0.274 e. The van der Waals surface area contributed by atoms with E-state index in [0.29, 0.717) is 34.9 Å². The zero-order valence-corrected chi connectivity index (χ0v) is 21.9. The molecule has 9 heteroatoms. The summed E-state index contributed by atoms with van der Waals surface area (Å²) >= 11 is 1.47. The maximum Gasteiger partial charge on any atom is 0.274 e. The normalized spacial score (nSPS) is 19.7. The number of amides is 3. The molecule has 192 valence electrons. The maximum absolute atomic E-state index is 13.9. The Bertz CT molecular complexity index is 1580. The number of likely N-dealkylation sites (tertiary alicyclic amines) is 1. The minimum absolute atomic E-state index is 0.0984. The molecule has 1 saturated carbocycles. The molecule has 2 aromatic heterocycles. The first-order chi connectivity index (χ1) is 18.4. The molecule has 6 rings (SSSR count). The number of piperidine rings is 1. The Hall–Kier alpha value is -4.11. The Labute approximate surface area is 224 Å². The third kappa shape index (κ3) is 4.54. The number of pyridine rings is 1. The lowest BCUT2D eigenvalue weighted by atomic mass is 10.1. The summed E-state index contributed by atoms with van der Waals surface area (Å²) in [4.78, 5) is 50.3. The number of carbonyl (C=O) groups is 3. The van der Waals surface area contributed by atoms with Crippen LogP contribution in [-0.4, -0.2) is 51.2 Å². The van der Waals surface area contributed by atoms with Crippen molar-refractivity contribution in [3.8, 4) is 10.4 Å². The second-order valence-electron chi connectivity index (χ2n) is 9.93. The maximum atomic E-state index is 13.9. The van der Waals surface area contributed by atoms with Crippen LogP contribution in [0.2, 0.25) is 0 Å². The number of nitrogens with one attached hydrogen (secondary N) is 2. The Morgan fingerprint density at radius 1 is 1.08 bits per heavy atom. The molecular weight excluding hydrogens is 498 g/mol. The molecule has 8 nitrogen and oxygen atoms in total. The molecule has 2 N–H and O–H groups in total. The van der Waals surface area contributed by atoms with Gasteiger partial charge in [-0.05, 0) is 55.5 Å². The van der Waals surface area contributed by atoms with E-state index in [1.165, 1.54) is 18.3 Å². The van der Waals surface area contributed by atoms with E-state index in [9.17, 15) is 14.4 Å². The van der Waals surface area contributed by atoms with Crippen LogP contribution in [0.4, 0.5) is 5.69 Å². The van der Waals surface area contributed by atoms with Crippen LogP contribution in [0, 0.1) is 12.8 Å². The highest BCUT2D eigenvalue weighted by Gasteiger charge is 2.54. The monoisotopic (exact) mass is 525 g/mol. The molecule has 3 atom stereocenters. The number of anilines is 1. The van der Waals surface area contributed by atoms with Gasteiger partial charge in [0, 0.05) is 36.8 Å². The number of thiazole rings is 1. The first kappa shape index (κ1) is 24.2. The number of hydrogen-bond donors (Lipinski definition) is 2. The van der Waals surface area contributed by atoms with Gasteiger partial charge in [-0.25, -0.2) is 4.98 Å². The van der Waals surface area contributed by atoms with E-state index in [-0.39, 0.29) is 29.8 Å². The molecule has 3 heterocycles. The molecule has 0 spiro atoms. The number of rotatable bonds is 6. The number of carbonyl (C=O) groups excluding carboxylic acids is 3. The van der Waals surface area contributed by atoms with Gasteiger partial charge in [-0.1, -0.05) is 30.3 Å². The number of nitrogens with zero attached hydrogens (tertiary/aromatic N) is 3. The van der Waals surface area contributed by atoms with Gasteiger partial charge < -0.3 is 15.5 Å². The van der Waals surface area contributed by atoms with Crippen molar-refractivity contribution in [1.82, 2.24) is 20.2 Å². The van der Waals surface area contributed by atoms with Crippen LogP contribution in [-0.2, 0) is 4.79 Å². The zero-order valence-electron chi connectivity index (χ0n) is 21.1.